The van der Waals surface area contributed by atoms with E-state index in [1.807, 2.05) is 31.2 Å². The van der Waals surface area contributed by atoms with E-state index >= 15 is 0 Å². The van der Waals surface area contributed by atoms with E-state index in [9.17, 15) is 9.59 Å². The molecule has 0 amide bonds. The van der Waals surface area contributed by atoms with E-state index in [1.54, 1.807) is 0 Å². The molecule has 0 aromatic carbocycles. The third kappa shape index (κ3) is 7.28. The molecule has 0 atom stereocenters. The fourth-order valence-corrected chi connectivity index (χ4v) is 0.852. The summed E-state index contributed by atoms with van der Waals surface area (Å²) in [6.07, 6.45) is 8.52. The molecular weight excluding hydrogens is 180 g/mol. The maximum Gasteiger partial charge on any atom is 0.313 e. The SMILES string of the molecule is C/C=C/C=CCCC(=O)CC(=O)OC. The number of carbonyl (C=O) groups excluding carboxylic acids is 2. The Bertz CT molecular complexity index is 239. The number of carbonyl (C=O) groups is 2. The van der Waals surface area contributed by atoms with Crippen molar-refractivity contribution in [3.05, 3.63) is 24.3 Å². The van der Waals surface area contributed by atoms with Gasteiger partial charge in [0.15, 0.2) is 0 Å². The molecule has 14 heavy (non-hydrogen) atoms. The Morgan fingerprint density at radius 1 is 1.29 bits per heavy atom. The molecular formula is C11H16O3. The highest BCUT2D eigenvalue weighted by molar-refractivity contribution is 5.95. The van der Waals surface area contributed by atoms with Gasteiger partial charge < -0.3 is 4.74 Å². The Kier molecular flexibility index (Phi) is 7.42. The van der Waals surface area contributed by atoms with Crippen molar-refractivity contribution in [2.75, 3.05) is 7.11 Å². The van der Waals surface area contributed by atoms with Crippen LogP contribution >= 0.6 is 0 Å². The topological polar surface area (TPSA) is 43.4 Å². The number of allylic oxidation sites excluding steroid dienone is 4. The maximum absolute atomic E-state index is 11.1. The summed E-state index contributed by atoms with van der Waals surface area (Å²) >= 11 is 0. The van der Waals surface area contributed by atoms with Crippen LogP contribution in [0.5, 0.6) is 0 Å². The molecule has 0 saturated carbocycles. The minimum absolute atomic E-state index is 0.0815. The van der Waals surface area contributed by atoms with Crippen molar-refractivity contribution in [3.63, 3.8) is 0 Å². The van der Waals surface area contributed by atoms with E-state index in [0.717, 1.165) is 0 Å². The minimum atomic E-state index is -0.465. The lowest BCUT2D eigenvalue weighted by Gasteiger charge is -1.96. The van der Waals surface area contributed by atoms with Gasteiger partial charge in [-0.2, -0.15) is 0 Å². The van der Waals surface area contributed by atoms with E-state index in [-0.39, 0.29) is 12.2 Å². The fourth-order valence-electron chi connectivity index (χ4n) is 0.852. The lowest BCUT2D eigenvalue weighted by Crippen LogP contribution is -2.08. The summed E-state index contributed by atoms with van der Waals surface area (Å²) < 4.78 is 4.38. The molecule has 0 aromatic rings. The highest BCUT2D eigenvalue weighted by Crippen LogP contribution is 1.98. The standard InChI is InChI=1S/C11H16O3/c1-3-4-5-6-7-8-10(12)9-11(13)14-2/h3-6H,7-9H2,1-2H3/b4-3+,6-5?. The van der Waals surface area contributed by atoms with Gasteiger partial charge in [-0.15, -0.1) is 0 Å². The second-order valence-electron chi connectivity index (χ2n) is 2.78. The predicted molar refractivity (Wildman–Crippen MR) is 54.8 cm³/mol. The Balaban J connectivity index is 3.59. The highest BCUT2D eigenvalue weighted by atomic mass is 16.5. The molecule has 78 valence electrons. The van der Waals surface area contributed by atoms with Crippen LogP contribution in [-0.2, 0) is 14.3 Å². The average Bonchev–Trinajstić information content (AvgIpc) is 2.17. The summed E-state index contributed by atoms with van der Waals surface area (Å²) in [5, 5.41) is 0. The summed E-state index contributed by atoms with van der Waals surface area (Å²) in [4.78, 5) is 21.8. The third-order valence-corrected chi connectivity index (χ3v) is 1.60. The molecule has 0 aliphatic rings. The first-order valence-electron chi connectivity index (χ1n) is 4.57. The molecule has 0 unspecified atom stereocenters. The van der Waals surface area contributed by atoms with Gasteiger partial charge in [-0.1, -0.05) is 24.3 Å². The number of ketones is 1. The number of rotatable bonds is 6. The van der Waals surface area contributed by atoms with Crippen LogP contribution in [0.15, 0.2) is 24.3 Å². The first-order chi connectivity index (χ1) is 6.70. The lowest BCUT2D eigenvalue weighted by molar-refractivity contribution is -0.143. The van der Waals surface area contributed by atoms with Gasteiger partial charge in [0.05, 0.1) is 7.11 Å². The number of esters is 1. The van der Waals surface area contributed by atoms with Crippen LogP contribution in [0.25, 0.3) is 0 Å². The molecule has 0 saturated heterocycles. The number of hydrogen-bond acceptors (Lipinski definition) is 3. The van der Waals surface area contributed by atoms with Crippen LogP contribution in [0, 0.1) is 0 Å². The molecule has 3 nitrogen and oxygen atoms in total. The number of hydrogen-bond donors (Lipinski definition) is 0. The van der Waals surface area contributed by atoms with Crippen molar-refractivity contribution in [2.24, 2.45) is 0 Å². The van der Waals surface area contributed by atoms with Gasteiger partial charge in [-0.25, -0.2) is 0 Å². The van der Waals surface area contributed by atoms with Gasteiger partial charge in [0.25, 0.3) is 0 Å². The monoisotopic (exact) mass is 196 g/mol. The summed E-state index contributed by atoms with van der Waals surface area (Å²) in [6.45, 7) is 1.92. The lowest BCUT2D eigenvalue weighted by atomic mass is 10.1. The van der Waals surface area contributed by atoms with Crippen LogP contribution in [0.1, 0.15) is 26.2 Å². The number of Topliss-reactive ketones (excluding diaryl/α,β-unsaturated/α-hetero) is 1. The minimum Gasteiger partial charge on any atom is -0.469 e. The highest BCUT2D eigenvalue weighted by Gasteiger charge is 2.07. The van der Waals surface area contributed by atoms with Crippen molar-refractivity contribution in [1.82, 2.24) is 0 Å². The van der Waals surface area contributed by atoms with Gasteiger partial charge in [-0.3, -0.25) is 9.59 Å². The summed E-state index contributed by atoms with van der Waals surface area (Å²) in [5.41, 5.74) is 0. The van der Waals surface area contributed by atoms with E-state index in [4.69, 9.17) is 0 Å². The molecule has 0 N–H and O–H groups in total. The molecule has 0 rings (SSSR count). The van der Waals surface area contributed by atoms with Crippen LogP contribution in [0.4, 0.5) is 0 Å². The van der Waals surface area contributed by atoms with Crippen LogP contribution in [0.2, 0.25) is 0 Å². The summed E-state index contributed by atoms with van der Waals surface area (Å²) in [7, 11) is 1.28. The van der Waals surface area contributed by atoms with Crippen molar-refractivity contribution in [1.29, 1.82) is 0 Å². The Hall–Kier alpha value is -1.38. The molecule has 0 aliphatic carbocycles. The zero-order valence-corrected chi connectivity index (χ0v) is 8.66. The van der Waals surface area contributed by atoms with Gasteiger partial charge in [0.2, 0.25) is 0 Å². The van der Waals surface area contributed by atoms with Crippen LogP contribution in [-0.4, -0.2) is 18.9 Å². The van der Waals surface area contributed by atoms with E-state index < -0.39 is 5.97 Å². The smallest absolute Gasteiger partial charge is 0.313 e. The molecule has 0 aromatic heterocycles. The molecule has 0 radical (unpaired) electrons. The first-order valence-corrected chi connectivity index (χ1v) is 4.57. The molecule has 0 bridgehead atoms. The van der Waals surface area contributed by atoms with Gasteiger partial charge in [0.1, 0.15) is 12.2 Å². The van der Waals surface area contributed by atoms with Crippen molar-refractivity contribution in [3.8, 4) is 0 Å². The average molecular weight is 196 g/mol. The molecule has 3 heteroatoms. The van der Waals surface area contributed by atoms with Crippen LogP contribution < -0.4 is 0 Å². The molecule has 0 aliphatic heterocycles. The quantitative estimate of drug-likeness (QED) is 0.371. The third-order valence-electron chi connectivity index (χ3n) is 1.60. The maximum atomic E-state index is 11.1. The van der Waals surface area contributed by atoms with Crippen molar-refractivity contribution in [2.45, 2.75) is 26.2 Å². The second kappa shape index (κ2) is 8.23. The molecule has 0 heterocycles. The second-order valence-corrected chi connectivity index (χ2v) is 2.78. The molecule has 0 fully saturated rings. The zero-order chi connectivity index (χ0) is 10.8. The normalized spacial score (nSPS) is 11.0. The Morgan fingerprint density at radius 3 is 2.57 bits per heavy atom. The van der Waals surface area contributed by atoms with E-state index in [0.29, 0.717) is 12.8 Å². The van der Waals surface area contributed by atoms with Gasteiger partial charge >= 0.3 is 5.97 Å². The summed E-state index contributed by atoms with van der Waals surface area (Å²) in [6, 6.07) is 0. The van der Waals surface area contributed by atoms with Crippen LogP contribution in [0.3, 0.4) is 0 Å². The van der Waals surface area contributed by atoms with Gasteiger partial charge in [0, 0.05) is 6.42 Å². The Labute approximate surface area is 84.4 Å². The zero-order valence-electron chi connectivity index (χ0n) is 8.66. The first kappa shape index (κ1) is 12.6. The van der Waals surface area contributed by atoms with E-state index in [1.165, 1.54) is 7.11 Å². The number of ether oxygens (including phenoxy) is 1. The fraction of sp³-hybridized carbons (Fsp3) is 0.455. The van der Waals surface area contributed by atoms with Gasteiger partial charge in [-0.05, 0) is 13.3 Å². The summed E-state index contributed by atoms with van der Waals surface area (Å²) in [5.74, 6) is -0.547. The Morgan fingerprint density at radius 2 is 2.00 bits per heavy atom. The van der Waals surface area contributed by atoms with Crippen molar-refractivity contribution < 1.29 is 14.3 Å². The van der Waals surface area contributed by atoms with E-state index in [2.05, 4.69) is 4.74 Å². The predicted octanol–water partition coefficient (Wildman–Crippen LogP) is 2.03. The number of methoxy groups -OCH3 is 1. The largest absolute Gasteiger partial charge is 0.469 e. The van der Waals surface area contributed by atoms with Crippen molar-refractivity contribution >= 4 is 11.8 Å². The molecule has 0 spiro atoms.